The van der Waals surface area contributed by atoms with Gasteiger partial charge in [0.2, 0.25) is 0 Å². The van der Waals surface area contributed by atoms with Gasteiger partial charge in [0.25, 0.3) is 11.5 Å². The highest BCUT2D eigenvalue weighted by Gasteiger charge is 2.37. The lowest BCUT2D eigenvalue weighted by Crippen LogP contribution is -2.34. The van der Waals surface area contributed by atoms with Gasteiger partial charge >= 0.3 is 5.69 Å². The molecule has 0 spiro atoms. The van der Waals surface area contributed by atoms with E-state index in [1.54, 1.807) is 6.07 Å². The third-order valence-corrected chi connectivity index (χ3v) is 9.64. The molecule has 4 N–H and O–H groups in total. The lowest BCUT2D eigenvalue weighted by atomic mass is 9.62. The van der Waals surface area contributed by atoms with E-state index in [9.17, 15) is 14.4 Å². The molecule has 42 heavy (non-hydrogen) atoms. The summed E-state index contributed by atoms with van der Waals surface area (Å²) in [5.41, 5.74) is 5.51. The van der Waals surface area contributed by atoms with E-state index in [4.69, 9.17) is 4.42 Å². The topological polar surface area (TPSA) is 120 Å². The first-order valence-electron chi connectivity index (χ1n) is 15.4. The highest BCUT2D eigenvalue weighted by Crippen LogP contribution is 2.46. The fourth-order valence-corrected chi connectivity index (χ4v) is 6.73. The van der Waals surface area contributed by atoms with E-state index in [1.807, 2.05) is 6.07 Å². The van der Waals surface area contributed by atoms with E-state index in [0.29, 0.717) is 42.8 Å². The number of fused-ring (bicyclic) bond motifs is 1. The van der Waals surface area contributed by atoms with Gasteiger partial charge < -0.3 is 20.0 Å². The van der Waals surface area contributed by atoms with E-state index in [-0.39, 0.29) is 22.3 Å². The average molecular weight is 575 g/mol. The monoisotopic (exact) mass is 574 g/mol. The lowest BCUT2D eigenvalue weighted by Gasteiger charge is -2.42. The van der Waals surface area contributed by atoms with Crippen LogP contribution in [0.5, 0.6) is 0 Å². The number of aromatic amines is 2. The van der Waals surface area contributed by atoms with Gasteiger partial charge in [-0.1, -0.05) is 39.8 Å². The minimum Gasteiger partial charge on any atom is -0.456 e. The summed E-state index contributed by atoms with van der Waals surface area (Å²) in [5, 5.41) is 6.45. The Labute approximate surface area is 248 Å². The van der Waals surface area contributed by atoms with Crippen molar-refractivity contribution in [2.24, 2.45) is 11.8 Å². The molecule has 226 valence electrons. The SMILES string of the molecule is Cc1cc2c(cc1Cc1ccc(C(=O)NCC3CCC(CNCc4cc(=O)[nH]c(=O)[nH]4)CC3)o1)C(C)(C)CCC2(C)C. The molecule has 8 nitrogen and oxygen atoms in total. The normalized spacial score (nSPS) is 21.1. The number of amides is 1. The Hall–Kier alpha value is -3.39. The molecule has 0 atom stereocenters. The molecule has 1 amide bonds. The zero-order valence-electron chi connectivity index (χ0n) is 25.7. The molecule has 2 heterocycles. The minimum absolute atomic E-state index is 0.151. The van der Waals surface area contributed by atoms with Crippen LogP contribution in [0.4, 0.5) is 0 Å². The number of aromatic nitrogens is 2. The van der Waals surface area contributed by atoms with Gasteiger partial charge in [-0.3, -0.25) is 14.6 Å². The van der Waals surface area contributed by atoms with Crippen molar-refractivity contribution in [1.82, 2.24) is 20.6 Å². The largest absolute Gasteiger partial charge is 0.456 e. The molecule has 0 saturated heterocycles. The Bertz CT molecular complexity index is 1510. The molecule has 3 aromatic rings. The van der Waals surface area contributed by atoms with Crippen molar-refractivity contribution >= 4 is 5.91 Å². The molecule has 1 aromatic carbocycles. The number of hydrogen-bond donors (Lipinski definition) is 4. The number of nitrogens with one attached hydrogen (secondary N) is 4. The van der Waals surface area contributed by atoms with E-state index >= 15 is 0 Å². The molecular formula is C34H46N4O4. The number of carbonyl (C=O) groups is 1. The summed E-state index contributed by atoms with van der Waals surface area (Å²) in [5.74, 6) is 2.03. The summed E-state index contributed by atoms with van der Waals surface area (Å²) < 4.78 is 6.03. The van der Waals surface area contributed by atoms with Crippen LogP contribution in [0, 0.1) is 18.8 Å². The maximum atomic E-state index is 12.9. The minimum atomic E-state index is -0.481. The molecule has 0 radical (unpaired) electrons. The molecule has 5 rings (SSSR count). The van der Waals surface area contributed by atoms with Gasteiger partial charge in [-0.15, -0.1) is 0 Å². The third-order valence-electron chi connectivity index (χ3n) is 9.64. The molecule has 2 aromatic heterocycles. The fraction of sp³-hybridized carbons (Fsp3) is 0.559. The molecule has 8 heteroatoms. The van der Waals surface area contributed by atoms with E-state index in [2.05, 4.69) is 67.4 Å². The van der Waals surface area contributed by atoms with Crippen molar-refractivity contribution in [2.75, 3.05) is 13.1 Å². The van der Waals surface area contributed by atoms with Gasteiger partial charge in [0.15, 0.2) is 5.76 Å². The molecule has 2 aliphatic rings. The predicted octanol–water partition coefficient (Wildman–Crippen LogP) is 5.23. The molecule has 1 fully saturated rings. The van der Waals surface area contributed by atoms with Crippen LogP contribution in [0.2, 0.25) is 0 Å². The van der Waals surface area contributed by atoms with Gasteiger partial charge in [0.1, 0.15) is 5.76 Å². The van der Waals surface area contributed by atoms with Crippen molar-refractivity contribution in [3.63, 3.8) is 0 Å². The first-order valence-corrected chi connectivity index (χ1v) is 15.4. The number of benzene rings is 1. The maximum Gasteiger partial charge on any atom is 0.325 e. The molecule has 0 aliphatic heterocycles. The number of aryl methyl sites for hydroxylation is 1. The zero-order chi connectivity index (χ0) is 30.1. The standard InChI is InChI=1S/C34H46N4O4/c1-21-14-27-28(34(4,5)13-12-33(27,2)3)16-24(21)15-26-10-11-29(42-26)31(40)36-19-23-8-6-22(7-9-23)18-35-20-25-17-30(39)38-32(41)37-25/h10-11,14,16-17,22-23,35H,6-9,12-13,15,18-20H2,1-5H3,(H,36,40)(H2,37,38,39,41). The molecule has 1 saturated carbocycles. The molecular weight excluding hydrogens is 528 g/mol. The van der Waals surface area contributed by atoms with Crippen LogP contribution in [-0.4, -0.2) is 29.0 Å². The highest BCUT2D eigenvalue weighted by atomic mass is 16.3. The Morgan fingerprint density at radius 3 is 2.21 bits per heavy atom. The summed E-state index contributed by atoms with van der Waals surface area (Å²) in [6, 6.07) is 9.89. The number of furan rings is 1. The van der Waals surface area contributed by atoms with Gasteiger partial charge in [0, 0.05) is 31.3 Å². The Kier molecular flexibility index (Phi) is 8.65. The van der Waals surface area contributed by atoms with Crippen molar-refractivity contribution in [2.45, 2.75) is 96.9 Å². The lowest BCUT2D eigenvalue weighted by molar-refractivity contribution is 0.0912. The average Bonchev–Trinajstić information content (AvgIpc) is 3.40. The van der Waals surface area contributed by atoms with Crippen LogP contribution in [0.1, 0.15) is 110 Å². The molecule has 0 unspecified atom stereocenters. The number of carbonyl (C=O) groups excluding carboxylic acids is 1. The number of H-pyrrole nitrogens is 2. The third kappa shape index (κ3) is 6.97. The Morgan fingerprint density at radius 2 is 1.55 bits per heavy atom. The second-order valence-electron chi connectivity index (χ2n) is 13.9. The fourth-order valence-electron chi connectivity index (χ4n) is 6.73. The van der Waals surface area contributed by atoms with Crippen LogP contribution < -0.4 is 21.9 Å². The number of hydrogen-bond acceptors (Lipinski definition) is 5. The Balaban J connectivity index is 1.09. The van der Waals surface area contributed by atoms with Crippen molar-refractivity contribution < 1.29 is 9.21 Å². The summed E-state index contributed by atoms with van der Waals surface area (Å²) in [7, 11) is 0. The van der Waals surface area contributed by atoms with Crippen molar-refractivity contribution in [1.29, 1.82) is 0 Å². The predicted molar refractivity (Wildman–Crippen MR) is 165 cm³/mol. The van der Waals surface area contributed by atoms with Crippen LogP contribution in [0.25, 0.3) is 0 Å². The van der Waals surface area contributed by atoms with Gasteiger partial charge in [-0.2, -0.15) is 0 Å². The number of rotatable bonds is 9. The van der Waals surface area contributed by atoms with E-state index in [1.165, 1.54) is 41.2 Å². The van der Waals surface area contributed by atoms with Gasteiger partial charge in [-0.05, 0) is 109 Å². The van der Waals surface area contributed by atoms with Crippen LogP contribution in [0.3, 0.4) is 0 Å². The highest BCUT2D eigenvalue weighted by molar-refractivity contribution is 5.91. The van der Waals surface area contributed by atoms with Crippen LogP contribution in [0.15, 0.2) is 44.3 Å². The molecule has 2 aliphatic carbocycles. The van der Waals surface area contributed by atoms with Crippen LogP contribution >= 0.6 is 0 Å². The Morgan fingerprint density at radius 1 is 0.905 bits per heavy atom. The summed E-state index contributed by atoms with van der Waals surface area (Å²) in [4.78, 5) is 40.6. The second kappa shape index (κ2) is 12.1. The first-order chi connectivity index (χ1) is 19.9. The van der Waals surface area contributed by atoms with Crippen molar-refractivity contribution in [3.8, 4) is 0 Å². The quantitative estimate of drug-likeness (QED) is 0.279. The van der Waals surface area contributed by atoms with Gasteiger partial charge in [-0.25, -0.2) is 4.79 Å². The van der Waals surface area contributed by atoms with Crippen molar-refractivity contribution in [3.05, 3.63) is 90.6 Å². The van der Waals surface area contributed by atoms with E-state index < -0.39 is 5.69 Å². The van der Waals surface area contributed by atoms with Gasteiger partial charge in [0.05, 0.1) is 0 Å². The smallest absolute Gasteiger partial charge is 0.325 e. The first kappa shape index (κ1) is 30.1. The second-order valence-corrected chi connectivity index (χ2v) is 13.9. The summed E-state index contributed by atoms with van der Waals surface area (Å²) in [6.45, 7) is 13.5. The zero-order valence-corrected chi connectivity index (χ0v) is 25.7. The molecule has 0 bridgehead atoms. The maximum absolute atomic E-state index is 12.9. The summed E-state index contributed by atoms with van der Waals surface area (Å²) in [6.07, 6.45) is 7.34. The van der Waals surface area contributed by atoms with E-state index in [0.717, 1.165) is 38.0 Å². The summed E-state index contributed by atoms with van der Waals surface area (Å²) >= 11 is 0. The van der Waals surface area contributed by atoms with Crippen LogP contribution in [-0.2, 0) is 23.8 Å².